The molecule has 11 heavy (non-hydrogen) atoms. The minimum absolute atomic E-state index is 0.173. The van der Waals surface area contributed by atoms with Crippen molar-refractivity contribution in [2.45, 2.75) is 13.8 Å². The molecule has 0 atom stereocenters. The molecule has 0 heterocycles. The lowest BCUT2D eigenvalue weighted by atomic mass is 10.3. The maximum atomic E-state index is 10.9. The highest BCUT2D eigenvalue weighted by atomic mass is 16.5. The fourth-order valence-electron chi connectivity index (χ4n) is 0.416. The smallest absolute Gasteiger partial charge is 0.354 e. The van der Waals surface area contributed by atoms with Crippen LogP contribution in [0.4, 0.5) is 0 Å². The third kappa shape index (κ3) is 3.45. The summed E-state index contributed by atoms with van der Waals surface area (Å²) in [7, 11) is 0. The van der Waals surface area contributed by atoms with Crippen molar-refractivity contribution in [3.8, 4) is 0 Å². The monoisotopic (exact) mass is 155 g/mol. The van der Waals surface area contributed by atoms with Gasteiger partial charge in [0.25, 0.3) is 0 Å². The van der Waals surface area contributed by atoms with Gasteiger partial charge in [-0.25, -0.2) is 4.79 Å². The summed E-state index contributed by atoms with van der Waals surface area (Å²) < 4.78 is 4.67. The Labute approximate surface area is 66.5 Å². The second kappa shape index (κ2) is 4.55. The Balaban J connectivity index is 4.04. The molecule has 0 radical (unpaired) electrons. The van der Waals surface area contributed by atoms with Crippen molar-refractivity contribution in [1.29, 1.82) is 0 Å². The molecule has 62 valence electrons. The number of rotatable bonds is 3. The summed E-state index contributed by atoms with van der Waals surface area (Å²) in [6.07, 6.45) is 1.50. The number of esters is 1. The van der Waals surface area contributed by atoms with Gasteiger partial charge in [0.05, 0.1) is 0 Å². The van der Waals surface area contributed by atoms with Crippen molar-refractivity contribution >= 4 is 5.97 Å². The maximum absolute atomic E-state index is 10.9. The van der Waals surface area contributed by atoms with Gasteiger partial charge in [0.15, 0.2) is 0 Å². The van der Waals surface area contributed by atoms with E-state index in [1.54, 1.807) is 13.8 Å². The molecule has 0 fully saturated rings. The molecule has 0 aromatic heterocycles. The lowest BCUT2D eigenvalue weighted by Crippen LogP contribution is -2.16. The molecule has 0 bridgehead atoms. The van der Waals surface area contributed by atoms with Crippen LogP contribution >= 0.6 is 0 Å². The number of nitrogens with two attached hydrogens (primary N) is 1. The van der Waals surface area contributed by atoms with Gasteiger partial charge in [-0.1, -0.05) is 12.7 Å². The summed E-state index contributed by atoms with van der Waals surface area (Å²) in [5.41, 5.74) is 6.31. The summed E-state index contributed by atoms with van der Waals surface area (Å²) in [5.74, 6) is -0.482. The van der Waals surface area contributed by atoms with Crippen molar-refractivity contribution < 1.29 is 9.53 Å². The zero-order valence-corrected chi connectivity index (χ0v) is 6.89. The minimum Gasteiger partial charge on any atom is -0.457 e. The molecular weight excluding hydrogens is 142 g/mol. The Morgan fingerprint density at radius 1 is 1.64 bits per heavy atom. The number of allylic oxidation sites excluding steroid dienone is 1. The zero-order valence-electron chi connectivity index (χ0n) is 6.89. The normalized spacial score (nSPS) is 8.55. The van der Waals surface area contributed by atoms with Crippen LogP contribution < -0.4 is 5.73 Å². The van der Waals surface area contributed by atoms with Crippen LogP contribution in [0.2, 0.25) is 0 Å². The van der Waals surface area contributed by atoms with Crippen molar-refractivity contribution in [2.24, 2.45) is 5.73 Å². The zero-order chi connectivity index (χ0) is 8.85. The molecule has 0 spiro atoms. The SMILES string of the molecule is C=CCOC(=O)C(N)=C(C)C. The molecule has 0 aliphatic carbocycles. The molecule has 0 saturated carbocycles. The van der Waals surface area contributed by atoms with Crippen LogP contribution in [0.1, 0.15) is 13.8 Å². The minimum atomic E-state index is -0.482. The number of hydrogen-bond donors (Lipinski definition) is 1. The van der Waals surface area contributed by atoms with Crippen molar-refractivity contribution in [3.63, 3.8) is 0 Å². The molecule has 2 N–H and O–H groups in total. The van der Waals surface area contributed by atoms with Crippen LogP contribution in [0.3, 0.4) is 0 Å². The van der Waals surface area contributed by atoms with Crippen LogP contribution in [0.5, 0.6) is 0 Å². The van der Waals surface area contributed by atoms with Crippen LogP contribution in [-0.4, -0.2) is 12.6 Å². The number of carbonyl (C=O) groups is 1. The number of carbonyl (C=O) groups excluding carboxylic acids is 1. The second-order valence-electron chi connectivity index (χ2n) is 2.30. The molecule has 0 aliphatic heterocycles. The fourth-order valence-corrected chi connectivity index (χ4v) is 0.416. The molecule has 3 heteroatoms. The van der Waals surface area contributed by atoms with Crippen LogP contribution in [0.15, 0.2) is 23.9 Å². The largest absolute Gasteiger partial charge is 0.457 e. The highest BCUT2D eigenvalue weighted by molar-refractivity contribution is 5.88. The highest BCUT2D eigenvalue weighted by Crippen LogP contribution is 1.97. The van der Waals surface area contributed by atoms with E-state index in [0.29, 0.717) is 0 Å². The van der Waals surface area contributed by atoms with E-state index >= 15 is 0 Å². The van der Waals surface area contributed by atoms with E-state index < -0.39 is 5.97 Å². The van der Waals surface area contributed by atoms with Gasteiger partial charge in [-0.2, -0.15) is 0 Å². The predicted molar refractivity (Wildman–Crippen MR) is 43.7 cm³/mol. The summed E-state index contributed by atoms with van der Waals surface area (Å²) in [6.45, 7) is 7.11. The van der Waals surface area contributed by atoms with E-state index in [-0.39, 0.29) is 12.3 Å². The Bertz CT molecular complexity index is 190. The Hall–Kier alpha value is -1.25. The first-order valence-corrected chi connectivity index (χ1v) is 3.30. The first-order valence-electron chi connectivity index (χ1n) is 3.30. The van der Waals surface area contributed by atoms with E-state index in [1.807, 2.05) is 0 Å². The van der Waals surface area contributed by atoms with E-state index in [1.165, 1.54) is 6.08 Å². The number of hydrogen-bond acceptors (Lipinski definition) is 3. The van der Waals surface area contributed by atoms with Gasteiger partial charge < -0.3 is 10.5 Å². The van der Waals surface area contributed by atoms with E-state index in [9.17, 15) is 4.79 Å². The lowest BCUT2D eigenvalue weighted by molar-refractivity contribution is -0.137. The van der Waals surface area contributed by atoms with E-state index in [0.717, 1.165) is 5.57 Å². The molecule has 0 aliphatic rings. The van der Waals surface area contributed by atoms with Gasteiger partial charge >= 0.3 is 5.97 Å². The third-order valence-electron chi connectivity index (χ3n) is 1.09. The average molecular weight is 155 g/mol. The third-order valence-corrected chi connectivity index (χ3v) is 1.09. The van der Waals surface area contributed by atoms with Crippen molar-refractivity contribution in [1.82, 2.24) is 0 Å². The highest BCUT2D eigenvalue weighted by Gasteiger charge is 2.05. The molecule has 0 aromatic carbocycles. The molecule has 0 rings (SSSR count). The summed E-state index contributed by atoms with van der Waals surface area (Å²) >= 11 is 0. The molecular formula is C8H13NO2. The molecule has 0 saturated heterocycles. The van der Waals surface area contributed by atoms with Crippen LogP contribution in [0.25, 0.3) is 0 Å². The van der Waals surface area contributed by atoms with E-state index in [4.69, 9.17) is 5.73 Å². The molecule has 0 amide bonds. The Kier molecular flexibility index (Phi) is 4.03. The molecule has 0 aromatic rings. The fraction of sp³-hybridized carbons (Fsp3) is 0.375. The van der Waals surface area contributed by atoms with Gasteiger partial charge in [-0.15, -0.1) is 0 Å². The van der Waals surface area contributed by atoms with Gasteiger partial charge in [0.2, 0.25) is 0 Å². The summed E-state index contributed by atoms with van der Waals surface area (Å²) in [5, 5.41) is 0. The second-order valence-corrected chi connectivity index (χ2v) is 2.30. The average Bonchev–Trinajstić information content (AvgIpc) is 1.98. The topological polar surface area (TPSA) is 52.3 Å². The van der Waals surface area contributed by atoms with E-state index in [2.05, 4.69) is 11.3 Å². The Morgan fingerprint density at radius 3 is 2.55 bits per heavy atom. The quantitative estimate of drug-likeness (QED) is 0.375. The van der Waals surface area contributed by atoms with Crippen LogP contribution in [0, 0.1) is 0 Å². The molecule has 3 nitrogen and oxygen atoms in total. The Morgan fingerprint density at radius 2 is 2.18 bits per heavy atom. The van der Waals surface area contributed by atoms with Crippen molar-refractivity contribution in [2.75, 3.05) is 6.61 Å². The lowest BCUT2D eigenvalue weighted by Gasteiger charge is -2.02. The summed E-state index contributed by atoms with van der Waals surface area (Å²) in [4.78, 5) is 10.9. The van der Waals surface area contributed by atoms with Gasteiger partial charge in [0.1, 0.15) is 12.3 Å². The van der Waals surface area contributed by atoms with Crippen molar-refractivity contribution in [3.05, 3.63) is 23.9 Å². The first-order chi connectivity index (χ1) is 5.09. The predicted octanol–water partition coefficient (Wildman–Crippen LogP) is 0.968. The van der Waals surface area contributed by atoms with Crippen LogP contribution in [-0.2, 0) is 9.53 Å². The van der Waals surface area contributed by atoms with Gasteiger partial charge in [-0.05, 0) is 19.4 Å². The van der Waals surface area contributed by atoms with Gasteiger partial charge in [-0.3, -0.25) is 0 Å². The maximum Gasteiger partial charge on any atom is 0.354 e. The standard InChI is InChI=1S/C8H13NO2/c1-4-5-11-8(10)7(9)6(2)3/h4H,1,5,9H2,2-3H3. The molecule has 0 unspecified atom stereocenters. The first kappa shape index (κ1) is 9.75. The number of ether oxygens (including phenoxy) is 1. The summed E-state index contributed by atoms with van der Waals surface area (Å²) in [6, 6.07) is 0. The van der Waals surface area contributed by atoms with Gasteiger partial charge in [0, 0.05) is 0 Å².